The van der Waals surface area contributed by atoms with Crippen LogP contribution in [0.3, 0.4) is 0 Å². The number of thioether (sulfide) groups is 2. The second-order valence-electron chi connectivity index (χ2n) is 9.39. The summed E-state index contributed by atoms with van der Waals surface area (Å²) in [5.41, 5.74) is 1.51. The zero-order valence-corrected chi connectivity index (χ0v) is 24.3. The number of unbranched alkanes of at least 4 members (excludes halogenated alkanes) is 4. The molecule has 0 spiro atoms. The molecular formula is C29H36F2N6S2. The van der Waals surface area contributed by atoms with Gasteiger partial charge in [-0.3, -0.25) is 9.13 Å². The van der Waals surface area contributed by atoms with Gasteiger partial charge in [0.2, 0.25) is 0 Å². The first-order valence-corrected chi connectivity index (χ1v) is 15.7. The number of halogens is 2. The van der Waals surface area contributed by atoms with Crippen molar-refractivity contribution < 1.29 is 8.78 Å². The van der Waals surface area contributed by atoms with E-state index in [1.54, 1.807) is 35.7 Å². The van der Waals surface area contributed by atoms with Gasteiger partial charge in [-0.25, -0.2) is 8.78 Å². The SMILES string of the molecule is CCCCSc1nnc(CCCCCc2nnc(SCCCC)n2-c2cccc(F)c2)n1-c1cccc(F)c1. The number of hydrogen-bond acceptors (Lipinski definition) is 6. The van der Waals surface area contributed by atoms with Crippen molar-refractivity contribution in [2.45, 2.75) is 81.9 Å². The third-order valence-electron chi connectivity index (χ3n) is 6.29. The quantitative estimate of drug-likeness (QED) is 0.101. The topological polar surface area (TPSA) is 61.4 Å². The normalized spacial score (nSPS) is 11.4. The first-order valence-electron chi connectivity index (χ1n) is 13.8. The van der Waals surface area contributed by atoms with Crippen LogP contribution in [0.1, 0.15) is 70.4 Å². The molecule has 4 aromatic rings. The van der Waals surface area contributed by atoms with E-state index in [1.165, 1.54) is 24.3 Å². The Bertz CT molecular complexity index is 1220. The summed E-state index contributed by atoms with van der Waals surface area (Å²) in [5, 5.41) is 19.4. The van der Waals surface area contributed by atoms with E-state index in [1.807, 2.05) is 21.3 Å². The first kappa shape index (κ1) is 29.3. The van der Waals surface area contributed by atoms with Crippen LogP contribution in [0.25, 0.3) is 11.4 Å². The predicted molar refractivity (Wildman–Crippen MR) is 155 cm³/mol. The molecule has 0 atom stereocenters. The lowest BCUT2D eigenvalue weighted by molar-refractivity contribution is 0.619. The minimum atomic E-state index is -0.272. The number of rotatable bonds is 16. The molecule has 2 heterocycles. The molecule has 6 nitrogen and oxygen atoms in total. The fraction of sp³-hybridized carbons (Fsp3) is 0.448. The zero-order chi connectivity index (χ0) is 27.5. The average Bonchev–Trinajstić information content (AvgIpc) is 3.52. The van der Waals surface area contributed by atoms with E-state index in [0.29, 0.717) is 0 Å². The van der Waals surface area contributed by atoms with E-state index in [2.05, 4.69) is 34.2 Å². The van der Waals surface area contributed by atoms with Gasteiger partial charge in [-0.2, -0.15) is 0 Å². The molecule has 0 bridgehead atoms. The van der Waals surface area contributed by atoms with Crippen molar-refractivity contribution >= 4 is 23.5 Å². The largest absolute Gasteiger partial charge is 0.274 e. The number of hydrogen-bond donors (Lipinski definition) is 0. The van der Waals surface area contributed by atoms with Crippen molar-refractivity contribution in [1.82, 2.24) is 29.5 Å². The smallest absolute Gasteiger partial charge is 0.195 e. The fourth-order valence-electron chi connectivity index (χ4n) is 4.22. The van der Waals surface area contributed by atoms with Crippen molar-refractivity contribution in [3.8, 4) is 11.4 Å². The number of aromatic nitrogens is 6. The van der Waals surface area contributed by atoms with Gasteiger partial charge in [0.1, 0.15) is 23.3 Å². The van der Waals surface area contributed by atoms with Crippen molar-refractivity contribution in [3.05, 3.63) is 71.8 Å². The van der Waals surface area contributed by atoms with E-state index in [4.69, 9.17) is 0 Å². The Kier molecular flexibility index (Phi) is 11.4. The molecular weight excluding hydrogens is 534 g/mol. The molecule has 0 aliphatic rings. The zero-order valence-electron chi connectivity index (χ0n) is 22.7. The fourth-order valence-corrected chi connectivity index (χ4v) is 6.33. The highest BCUT2D eigenvalue weighted by atomic mass is 32.2. The van der Waals surface area contributed by atoms with Crippen LogP contribution in [-0.4, -0.2) is 41.0 Å². The molecule has 0 N–H and O–H groups in total. The summed E-state index contributed by atoms with van der Waals surface area (Å²) in [5.74, 6) is 3.05. The van der Waals surface area contributed by atoms with Gasteiger partial charge < -0.3 is 0 Å². The summed E-state index contributed by atoms with van der Waals surface area (Å²) < 4.78 is 32.0. The molecule has 0 amide bonds. The van der Waals surface area contributed by atoms with Crippen molar-refractivity contribution in [2.75, 3.05) is 11.5 Å². The third kappa shape index (κ3) is 8.14. The lowest BCUT2D eigenvalue weighted by Crippen LogP contribution is -2.05. The molecule has 208 valence electrons. The molecule has 39 heavy (non-hydrogen) atoms. The molecule has 10 heteroatoms. The van der Waals surface area contributed by atoms with Crippen LogP contribution in [-0.2, 0) is 12.8 Å². The van der Waals surface area contributed by atoms with E-state index >= 15 is 0 Å². The summed E-state index contributed by atoms with van der Waals surface area (Å²) >= 11 is 3.33. The highest BCUT2D eigenvalue weighted by Crippen LogP contribution is 2.26. The lowest BCUT2D eigenvalue weighted by Gasteiger charge is -2.11. The Morgan fingerprint density at radius 1 is 0.615 bits per heavy atom. The van der Waals surface area contributed by atoms with Crippen LogP contribution in [0.2, 0.25) is 0 Å². The average molecular weight is 571 g/mol. The molecule has 4 rings (SSSR count). The Morgan fingerprint density at radius 2 is 1.08 bits per heavy atom. The highest BCUT2D eigenvalue weighted by molar-refractivity contribution is 7.99. The van der Waals surface area contributed by atoms with Gasteiger partial charge in [0.05, 0.1) is 11.4 Å². The third-order valence-corrected chi connectivity index (χ3v) is 8.32. The lowest BCUT2D eigenvalue weighted by atomic mass is 10.1. The molecule has 0 aliphatic carbocycles. The summed E-state index contributed by atoms with van der Waals surface area (Å²) in [6, 6.07) is 13.2. The van der Waals surface area contributed by atoms with E-state index in [-0.39, 0.29) is 11.6 Å². The minimum Gasteiger partial charge on any atom is -0.274 e. The Balaban J connectivity index is 1.41. The summed E-state index contributed by atoms with van der Waals surface area (Å²) in [7, 11) is 0. The van der Waals surface area contributed by atoms with Crippen LogP contribution >= 0.6 is 23.5 Å². The maximum Gasteiger partial charge on any atom is 0.195 e. The highest BCUT2D eigenvalue weighted by Gasteiger charge is 2.17. The number of aryl methyl sites for hydroxylation is 2. The second-order valence-corrected chi connectivity index (χ2v) is 11.5. The molecule has 0 radical (unpaired) electrons. The molecule has 0 unspecified atom stereocenters. The molecule has 0 fully saturated rings. The van der Waals surface area contributed by atoms with Crippen LogP contribution < -0.4 is 0 Å². The van der Waals surface area contributed by atoms with Gasteiger partial charge in [0.15, 0.2) is 10.3 Å². The maximum absolute atomic E-state index is 14.0. The molecule has 0 saturated carbocycles. The number of nitrogens with zero attached hydrogens (tertiary/aromatic N) is 6. The standard InChI is InChI=1S/C29H36F2N6S2/c1-3-5-18-38-28-34-32-26(36(28)24-14-10-12-22(30)20-24)16-8-7-9-17-27-33-35-29(39-19-6-4-2)37(27)25-15-11-13-23(31)21-25/h10-15,20-21H,3-9,16-19H2,1-2H3. The van der Waals surface area contributed by atoms with Crippen molar-refractivity contribution in [2.24, 2.45) is 0 Å². The Labute approximate surface area is 238 Å². The molecule has 0 aliphatic heterocycles. The maximum atomic E-state index is 14.0. The summed E-state index contributed by atoms with van der Waals surface area (Å²) in [4.78, 5) is 0. The molecule has 2 aromatic carbocycles. The Hall–Kier alpha value is -2.72. The summed E-state index contributed by atoms with van der Waals surface area (Å²) in [6.45, 7) is 4.33. The van der Waals surface area contributed by atoms with E-state index in [9.17, 15) is 8.78 Å². The van der Waals surface area contributed by atoms with Crippen LogP contribution in [0.5, 0.6) is 0 Å². The van der Waals surface area contributed by atoms with Gasteiger partial charge in [-0.1, -0.05) is 68.8 Å². The minimum absolute atomic E-state index is 0.272. The van der Waals surface area contributed by atoms with E-state index < -0.39 is 0 Å². The first-order chi connectivity index (χ1) is 19.1. The van der Waals surface area contributed by atoms with Crippen LogP contribution in [0.4, 0.5) is 8.78 Å². The van der Waals surface area contributed by atoms with Crippen molar-refractivity contribution in [1.29, 1.82) is 0 Å². The van der Waals surface area contributed by atoms with Crippen molar-refractivity contribution in [3.63, 3.8) is 0 Å². The van der Waals surface area contributed by atoms with Gasteiger partial charge >= 0.3 is 0 Å². The Morgan fingerprint density at radius 3 is 1.49 bits per heavy atom. The second kappa shape index (κ2) is 15.2. The van der Waals surface area contributed by atoms with Gasteiger partial charge in [0, 0.05) is 24.3 Å². The van der Waals surface area contributed by atoms with Crippen LogP contribution in [0, 0.1) is 11.6 Å². The predicted octanol–water partition coefficient (Wildman–Crippen LogP) is 7.87. The molecule has 0 saturated heterocycles. The van der Waals surface area contributed by atoms with E-state index in [0.717, 1.165) is 103 Å². The molecule has 2 aromatic heterocycles. The van der Waals surface area contributed by atoms with Gasteiger partial charge in [0.25, 0.3) is 0 Å². The van der Waals surface area contributed by atoms with Crippen LogP contribution in [0.15, 0.2) is 58.8 Å². The number of benzene rings is 2. The monoisotopic (exact) mass is 570 g/mol. The van der Waals surface area contributed by atoms with Gasteiger partial charge in [-0.15, -0.1) is 20.4 Å². The summed E-state index contributed by atoms with van der Waals surface area (Å²) in [6.07, 6.45) is 8.68. The van der Waals surface area contributed by atoms with Gasteiger partial charge in [-0.05, 0) is 62.1 Å².